The zero-order valence-corrected chi connectivity index (χ0v) is 8.87. The Morgan fingerprint density at radius 3 is 2.53 bits per heavy atom. The van der Waals surface area contributed by atoms with Crippen LogP contribution in [-0.2, 0) is 6.61 Å². The molecule has 0 aliphatic carbocycles. The second-order valence-corrected chi connectivity index (χ2v) is 3.58. The minimum Gasteiger partial charge on any atom is -0.488 e. The number of halogens is 1. The molecule has 0 N–H and O–H groups in total. The fraction of sp³-hybridized carbons (Fsp3) is 0.0769. The van der Waals surface area contributed by atoms with Crippen molar-refractivity contribution in [2.75, 3.05) is 0 Å². The van der Waals surface area contributed by atoms with Crippen LogP contribution in [-0.4, -0.2) is 0 Å². The maximum Gasteiger partial charge on any atom is 0.127 e. The van der Waals surface area contributed by atoms with Crippen LogP contribution in [0.4, 0.5) is 0 Å². The largest absolute Gasteiger partial charge is 0.488 e. The number of ether oxygens (including phenoxy) is 1. The first-order valence-corrected chi connectivity index (χ1v) is 5.06. The third-order valence-electron chi connectivity index (χ3n) is 1.99. The molecule has 0 heterocycles. The SMILES string of the molecule is Clc1ccc(COc2[c]cccc2)cc1. The molecule has 0 aliphatic rings. The topological polar surface area (TPSA) is 9.23 Å². The van der Waals surface area contributed by atoms with Gasteiger partial charge in [0.15, 0.2) is 0 Å². The highest BCUT2D eigenvalue weighted by atomic mass is 35.5. The summed E-state index contributed by atoms with van der Waals surface area (Å²) in [6.45, 7) is 0.539. The third kappa shape index (κ3) is 3.00. The number of rotatable bonds is 3. The molecule has 2 rings (SSSR count). The molecule has 0 atom stereocenters. The van der Waals surface area contributed by atoms with Gasteiger partial charge < -0.3 is 4.74 Å². The van der Waals surface area contributed by atoms with Crippen LogP contribution in [0.5, 0.6) is 5.75 Å². The van der Waals surface area contributed by atoms with Crippen molar-refractivity contribution in [3.05, 3.63) is 65.2 Å². The first kappa shape index (κ1) is 10.1. The molecule has 0 saturated carbocycles. The van der Waals surface area contributed by atoms with Crippen LogP contribution in [0.2, 0.25) is 5.02 Å². The molecule has 2 aromatic rings. The van der Waals surface area contributed by atoms with Gasteiger partial charge in [-0.05, 0) is 23.8 Å². The van der Waals surface area contributed by atoms with Gasteiger partial charge >= 0.3 is 0 Å². The van der Waals surface area contributed by atoms with E-state index >= 15 is 0 Å². The lowest BCUT2D eigenvalue weighted by Crippen LogP contribution is -1.94. The maximum absolute atomic E-state index is 5.78. The van der Waals surface area contributed by atoms with Crippen molar-refractivity contribution in [2.24, 2.45) is 0 Å². The van der Waals surface area contributed by atoms with Crippen LogP contribution in [0.25, 0.3) is 0 Å². The van der Waals surface area contributed by atoms with Gasteiger partial charge in [-0.1, -0.05) is 41.9 Å². The second-order valence-electron chi connectivity index (χ2n) is 3.14. The lowest BCUT2D eigenvalue weighted by molar-refractivity contribution is 0.305. The van der Waals surface area contributed by atoms with Crippen LogP contribution in [0.1, 0.15) is 5.56 Å². The van der Waals surface area contributed by atoms with Gasteiger partial charge in [0, 0.05) is 11.1 Å². The van der Waals surface area contributed by atoms with Gasteiger partial charge in [-0.15, -0.1) is 0 Å². The summed E-state index contributed by atoms with van der Waals surface area (Å²) in [7, 11) is 0. The number of hydrogen-bond acceptors (Lipinski definition) is 1. The number of para-hydroxylation sites is 1. The Morgan fingerprint density at radius 2 is 1.87 bits per heavy atom. The molecule has 0 unspecified atom stereocenters. The van der Waals surface area contributed by atoms with Gasteiger partial charge in [-0.25, -0.2) is 0 Å². The van der Waals surface area contributed by atoms with E-state index in [2.05, 4.69) is 6.07 Å². The smallest absolute Gasteiger partial charge is 0.127 e. The predicted octanol–water partition coefficient (Wildman–Crippen LogP) is 3.72. The molecule has 2 heteroatoms. The van der Waals surface area contributed by atoms with E-state index in [1.54, 1.807) is 0 Å². The van der Waals surface area contributed by atoms with E-state index in [0.29, 0.717) is 6.61 Å². The number of benzene rings is 2. The summed E-state index contributed by atoms with van der Waals surface area (Å²) in [5.74, 6) is 0.757. The monoisotopic (exact) mass is 217 g/mol. The highest BCUT2D eigenvalue weighted by Gasteiger charge is 1.95. The second kappa shape index (κ2) is 4.85. The van der Waals surface area contributed by atoms with E-state index < -0.39 is 0 Å². The van der Waals surface area contributed by atoms with Crippen LogP contribution < -0.4 is 4.74 Å². The summed E-state index contributed by atoms with van der Waals surface area (Å²) in [6.07, 6.45) is 0. The van der Waals surface area contributed by atoms with Gasteiger partial charge in [0.25, 0.3) is 0 Å². The Labute approximate surface area is 94.3 Å². The van der Waals surface area contributed by atoms with Gasteiger partial charge in [0.1, 0.15) is 12.4 Å². The van der Waals surface area contributed by atoms with Crippen molar-refractivity contribution in [3.8, 4) is 5.75 Å². The zero-order valence-electron chi connectivity index (χ0n) is 8.11. The first-order valence-electron chi connectivity index (χ1n) is 4.68. The van der Waals surface area contributed by atoms with Crippen molar-refractivity contribution >= 4 is 11.6 Å². The molecule has 1 nitrogen and oxygen atoms in total. The third-order valence-corrected chi connectivity index (χ3v) is 2.24. The van der Waals surface area contributed by atoms with Gasteiger partial charge in [0.05, 0.1) is 0 Å². The highest BCUT2D eigenvalue weighted by molar-refractivity contribution is 6.30. The Hall–Kier alpha value is -1.47. The fourth-order valence-corrected chi connectivity index (χ4v) is 1.33. The molecule has 0 aromatic heterocycles. The van der Waals surface area contributed by atoms with E-state index in [1.165, 1.54) is 0 Å². The van der Waals surface area contributed by atoms with Gasteiger partial charge in [0.2, 0.25) is 0 Å². The van der Waals surface area contributed by atoms with Crippen molar-refractivity contribution < 1.29 is 4.74 Å². The molecule has 0 aliphatic heterocycles. The first-order chi connectivity index (χ1) is 7.34. The van der Waals surface area contributed by atoms with Crippen LogP contribution in [0.15, 0.2) is 48.5 Å². The van der Waals surface area contributed by atoms with E-state index in [4.69, 9.17) is 16.3 Å². The van der Waals surface area contributed by atoms with Crippen molar-refractivity contribution in [1.82, 2.24) is 0 Å². The molecule has 0 amide bonds. The molecule has 75 valence electrons. The number of hydrogen-bond donors (Lipinski definition) is 0. The molecule has 15 heavy (non-hydrogen) atoms. The summed E-state index contributed by atoms with van der Waals surface area (Å²) in [5.41, 5.74) is 1.09. The van der Waals surface area contributed by atoms with Crippen molar-refractivity contribution in [1.29, 1.82) is 0 Å². The molecular weight excluding hydrogens is 208 g/mol. The lowest BCUT2D eigenvalue weighted by Gasteiger charge is -2.05. The summed E-state index contributed by atoms with van der Waals surface area (Å²) in [5, 5.41) is 0.741. The molecule has 2 aromatic carbocycles. The van der Waals surface area contributed by atoms with E-state index in [-0.39, 0.29) is 0 Å². The van der Waals surface area contributed by atoms with Crippen molar-refractivity contribution in [3.63, 3.8) is 0 Å². The minimum absolute atomic E-state index is 0.539. The van der Waals surface area contributed by atoms with E-state index in [0.717, 1.165) is 16.3 Å². The summed E-state index contributed by atoms with van der Waals surface area (Å²) >= 11 is 5.78. The summed E-state index contributed by atoms with van der Waals surface area (Å²) in [6, 6.07) is 18.2. The fourth-order valence-electron chi connectivity index (χ4n) is 1.21. The Balaban J connectivity index is 1.96. The molecule has 0 spiro atoms. The zero-order chi connectivity index (χ0) is 10.5. The summed E-state index contributed by atoms with van der Waals surface area (Å²) < 4.78 is 5.53. The van der Waals surface area contributed by atoms with Gasteiger partial charge in [-0.2, -0.15) is 0 Å². The van der Waals surface area contributed by atoms with E-state index in [9.17, 15) is 0 Å². The normalized spacial score (nSPS) is 9.93. The van der Waals surface area contributed by atoms with Crippen LogP contribution >= 0.6 is 11.6 Å². The Kier molecular flexibility index (Phi) is 3.25. The van der Waals surface area contributed by atoms with Crippen molar-refractivity contribution in [2.45, 2.75) is 6.61 Å². The average molecular weight is 218 g/mol. The Morgan fingerprint density at radius 1 is 1.07 bits per heavy atom. The highest BCUT2D eigenvalue weighted by Crippen LogP contribution is 2.13. The molecule has 0 fully saturated rings. The van der Waals surface area contributed by atoms with Crippen LogP contribution in [0.3, 0.4) is 0 Å². The average Bonchev–Trinajstić information content (AvgIpc) is 2.30. The predicted molar refractivity (Wildman–Crippen MR) is 61.1 cm³/mol. The molecular formula is C13H10ClO. The molecule has 1 radical (unpaired) electrons. The standard InChI is InChI=1S/C13H10ClO/c14-12-8-6-11(7-9-12)10-15-13-4-2-1-3-5-13/h1-4,6-9H,10H2. The van der Waals surface area contributed by atoms with E-state index in [1.807, 2.05) is 48.5 Å². The maximum atomic E-state index is 5.78. The van der Waals surface area contributed by atoms with Crippen LogP contribution in [0, 0.1) is 6.07 Å². The summed E-state index contributed by atoms with van der Waals surface area (Å²) in [4.78, 5) is 0. The minimum atomic E-state index is 0.539. The lowest BCUT2D eigenvalue weighted by atomic mass is 10.2. The van der Waals surface area contributed by atoms with Gasteiger partial charge in [-0.3, -0.25) is 0 Å². The Bertz CT molecular complexity index is 408. The molecule has 0 saturated heterocycles. The quantitative estimate of drug-likeness (QED) is 0.762. The molecule has 0 bridgehead atoms.